The van der Waals surface area contributed by atoms with Crippen LogP contribution in [0, 0.1) is 6.92 Å². The molecule has 0 saturated carbocycles. The lowest BCUT2D eigenvalue weighted by atomic mass is 10.2. The normalized spacial score (nSPS) is 17.0. The van der Waals surface area contributed by atoms with E-state index in [9.17, 15) is 4.79 Å². The lowest BCUT2D eigenvalue weighted by Gasteiger charge is -2.32. The highest BCUT2D eigenvalue weighted by Crippen LogP contribution is 2.22. The van der Waals surface area contributed by atoms with Crippen molar-refractivity contribution in [1.82, 2.24) is 24.7 Å². The van der Waals surface area contributed by atoms with E-state index in [1.807, 2.05) is 13.1 Å². The van der Waals surface area contributed by atoms with Crippen LogP contribution < -0.4 is 20.3 Å². The minimum absolute atomic E-state index is 0.317. The van der Waals surface area contributed by atoms with Crippen LogP contribution in [0.3, 0.4) is 0 Å². The molecule has 0 aliphatic carbocycles. The van der Waals surface area contributed by atoms with E-state index in [1.54, 1.807) is 29.1 Å². The summed E-state index contributed by atoms with van der Waals surface area (Å²) in [7, 11) is 1.53. The molecule has 4 rings (SSSR count). The minimum Gasteiger partial charge on any atom is -0.496 e. The molecule has 2 N–H and O–H groups in total. The lowest BCUT2D eigenvalue weighted by molar-refractivity contribution is 0.102. The maximum Gasteiger partial charge on any atom is 0.262 e. The molecule has 0 bridgehead atoms. The summed E-state index contributed by atoms with van der Waals surface area (Å²) in [6.45, 7) is 6.71. The van der Waals surface area contributed by atoms with Crippen molar-refractivity contribution >= 4 is 23.2 Å². The monoisotopic (exact) mass is 381 g/mol. The molecule has 9 heteroatoms. The van der Waals surface area contributed by atoms with E-state index < -0.39 is 0 Å². The number of imidazole rings is 1. The van der Waals surface area contributed by atoms with Gasteiger partial charge in [0.05, 0.1) is 30.8 Å². The number of fused-ring (bicyclic) bond motifs is 1. The quantitative estimate of drug-likeness (QED) is 0.707. The molecule has 1 atom stereocenters. The molecule has 28 heavy (non-hydrogen) atoms. The van der Waals surface area contributed by atoms with Gasteiger partial charge in [0.1, 0.15) is 17.2 Å². The van der Waals surface area contributed by atoms with Crippen molar-refractivity contribution in [3.8, 4) is 5.75 Å². The Balaban J connectivity index is 1.52. The summed E-state index contributed by atoms with van der Waals surface area (Å²) < 4.78 is 7.17. The number of aromatic nitrogens is 4. The van der Waals surface area contributed by atoms with Gasteiger partial charge in [0, 0.05) is 44.1 Å². The highest BCUT2D eigenvalue weighted by molar-refractivity contribution is 6.05. The van der Waals surface area contributed by atoms with Crippen molar-refractivity contribution in [3.63, 3.8) is 0 Å². The van der Waals surface area contributed by atoms with Crippen molar-refractivity contribution in [3.05, 3.63) is 42.1 Å². The summed E-state index contributed by atoms with van der Waals surface area (Å²) in [4.78, 5) is 28.1. The number of ether oxygens (including phenoxy) is 1. The lowest BCUT2D eigenvalue weighted by Crippen LogP contribution is -2.49. The zero-order chi connectivity index (χ0) is 19.7. The van der Waals surface area contributed by atoms with Gasteiger partial charge in [-0.2, -0.15) is 0 Å². The van der Waals surface area contributed by atoms with E-state index in [1.165, 1.54) is 7.11 Å². The molecule has 146 valence electrons. The molecule has 3 aromatic rings. The maximum atomic E-state index is 12.8. The summed E-state index contributed by atoms with van der Waals surface area (Å²) in [5.41, 5.74) is 1.98. The molecular formula is C19H23N7O2. The molecule has 1 amide bonds. The third-order valence-corrected chi connectivity index (χ3v) is 4.71. The number of hydrogen-bond acceptors (Lipinski definition) is 7. The van der Waals surface area contributed by atoms with E-state index in [-0.39, 0.29) is 5.91 Å². The van der Waals surface area contributed by atoms with Gasteiger partial charge >= 0.3 is 0 Å². The summed E-state index contributed by atoms with van der Waals surface area (Å²) in [6.07, 6.45) is 6.82. The fraction of sp³-hybridized carbons (Fsp3) is 0.368. The first-order valence-corrected chi connectivity index (χ1v) is 9.18. The molecule has 0 spiro atoms. The van der Waals surface area contributed by atoms with Gasteiger partial charge in [-0.3, -0.25) is 4.79 Å². The van der Waals surface area contributed by atoms with Gasteiger partial charge < -0.3 is 24.7 Å². The number of nitrogens with zero attached hydrogens (tertiary/aromatic N) is 5. The largest absolute Gasteiger partial charge is 0.496 e. The molecule has 3 aromatic heterocycles. The Hall–Kier alpha value is -3.20. The Morgan fingerprint density at radius 3 is 2.89 bits per heavy atom. The van der Waals surface area contributed by atoms with Crippen molar-refractivity contribution in [2.45, 2.75) is 19.9 Å². The third-order valence-electron chi connectivity index (χ3n) is 4.71. The fourth-order valence-electron chi connectivity index (χ4n) is 3.36. The number of hydrogen-bond donors (Lipinski definition) is 2. The molecule has 0 unspecified atom stereocenters. The van der Waals surface area contributed by atoms with Crippen molar-refractivity contribution < 1.29 is 9.53 Å². The van der Waals surface area contributed by atoms with Crippen molar-refractivity contribution in [2.24, 2.45) is 0 Å². The van der Waals surface area contributed by atoms with Gasteiger partial charge in [0.2, 0.25) is 0 Å². The van der Waals surface area contributed by atoms with Gasteiger partial charge in [-0.05, 0) is 13.8 Å². The second-order valence-electron chi connectivity index (χ2n) is 6.92. The first-order chi connectivity index (χ1) is 13.5. The Morgan fingerprint density at radius 2 is 2.18 bits per heavy atom. The molecule has 1 saturated heterocycles. The van der Waals surface area contributed by atoms with E-state index in [4.69, 9.17) is 4.74 Å². The molecule has 0 radical (unpaired) electrons. The Bertz CT molecular complexity index is 999. The molecule has 4 heterocycles. The van der Waals surface area contributed by atoms with Crippen LogP contribution in [0.1, 0.15) is 23.0 Å². The zero-order valence-electron chi connectivity index (χ0n) is 16.1. The highest BCUT2D eigenvalue weighted by Gasteiger charge is 2.18. The number of pyridine rings is 1. The molecule has 1 aliphatic rings. The Morgan fingerprint density at radius 1 is 1.32 bits per heavy atom. The highest BCUT2D eigenvalue weighted by atomic mass is 16.5. The first kappa shape index (κ1) is 18.2. The topological polar surface area (TPSA) is 96.7 Å². The van der Waals surface area contributed by atoms with Crippen LogP contribution in [-0.2, 0) is 0 Å². The Kier molecular flexibility index (Phi) is 4.82. The average Bonchev–Trinajstić information content (AvgIpc) is 3.06. The van der Waals surface area contributed by atoms with Crippen LogP contribution in [-0.4, -0.2) is 58.0 Å². The van der Waals surface area contributed by atoms with Crippen LogP contribution in [0.15, 0.2) is 30.9 Å². The molecule has 1 aliphatic heterocycles. The van der Waals surface area contributed by atoms with Crippen molar-refractivity contribution in [2.75, 3.05) is 37.0 Å². The number of nitrogens with one attached hydrogen (secondary N) is 2. The van der Waals surface area contributed by atoms with Crippen LogP contribution in [0.2, 0.25) is 0 Å². The Labute approximate surface area is 162 Å². The summed E-state index contributed by atoms with van der Waals surface area (Å²) in [5.74, 6) is 1.33. The fourth-order valence-corrected chi connectivity index (χ4v) is 3.36. The number of carbonyl (C=O) groups is 1. The first-order valence-electron chi connectivity index (χ1n) is 9.18. The van der Waals surface area contributed by atoms with Crippen LogP contribution in [0.25, 0.3) is 5.65 Å². The SMILES string of the molecule is COc1cc2nc(C)cn2cc1C(=O)Nc1cnc(N2CCN[C@@H](C)C2)cn1. The standard InChI is InChI=1S/C19H23N7O2/c1-12-9-25(5-4-20-12)18-8-21-16(7-22-18)24-19(27)14-11-26-10-13(2)23-17(26)6-15(14)28-3/h6-8,10-12,20H,4-5,9H2,1-3H3,(H,21,24,27)/t12-/m0/s1. The van der Waals surface area contributed by atoms with E-state index in [0.717, 1.165) is 36.8 Å². The maximum absolute atomic E-state index is 12.8. The number of methoxy groups -OCH3 is 1. The number of carbonyl (C=O) groups excluding carboxylic acids is 1. The second kappa shape index (κ2) is 7.43. The predicted octanol–water partition coefficient (Wildman–Crippen LogP) is 1.49. The van der Waals surface area contributed by atoms with Crippen molar-refractivity contribution in [1.29, 1.82) is 0 Å². The number of amides is 1. The van der Waals surface area contributed by atoms with Gasteiger partial charge in [0.15, 0.2) is 5.82 Å². The van der Waals surface area contributed by atoms with Crippen LogP contribution in [0.4, 0.5) is 11.6 Å². The van der Waals surface area contributed by atoms with Gasteiger partial charge in [-0.1, -0.05) is 0 Å². The average molecular weight is 381 g/mol. The van der Waals surface area contributed by atoms with Gasteiger partial charge in [-0.15, -0.1) is 0 Å². The molecule has 1 fully saturated rings. The third kappa shape index (κ3) is 3.61. The van der Waals surface area contributed by atoms with Crippen LogP contribution >= 0.6 is 0 Å². The molecular weight excluding hydrogens is 358 g/mol. The van der Waals surface area contributed by atoms with Crippen LogP contribution in [0.5, 0.6) is 5.75 Å². The molecule has 0 aromatic carbocycles. The number of rotatable bonds is 4. The zero-order valence-corrected chi connectivity index (χ0v) is 16.1. The summed E-state index contributed by atoms with van der Waals surface area (Å²) >= 11 is 0. The minimum atomic E-state index is -0.317. The summed E-state index contributed by atoms with van der Waals surface area (Å²) in [5, 5.41) is 6.18. The predicted molar refractivity (Wildman–Crippen MR) is 106 cm³/mol. The molecule has 9 nitrogen and oxygen atoms in total. The number of piperazine rings is 1. The number of anilines is 2. The summed E-state index contributed by atoms with van der Waals surface area (Å²) in [6, 6.07) is 2.14. The smallest absolute Gasteiger partial charge is 0.262 e. The van der Waals surface area contributed by atoms with E-state index in [0.29, 0.717) is 23.2 Å². The van der Waals surface area contributed by atoms with Gasteiger partial charge in [0.25, 0.3) is 5.91 Å². The van der Waals surface area contributed by atoms with E-state index in [2.05, 4.69) is 37.4 Å². The van der Waals surface area contributed by atoms with Gasteiger partial charge in [-0.25, -0.2) is 15.0 Å². The number of aryl methyl sites for hydroxylation is 1. The van der Waals surface area contributed by atoms with E-state index >= 15 is 0 Å². The second-order valence-corrected chi connectivity index (χ2v) is 6.92.